The summed E-state index contributed by atoms with van der Waals surface area (Å²) in [5.41, 5.74) is 0.384. The van der Waals surface area contributed by atoms with E-state index in [-0.39, 0.29) is 45.7 Å². The second-order valence-corrected chi connectivity index (χ2v) is 9.10. The van der Waals surface area contributed by atoms with Crippen LogP contribution in [0.4, 0.5) is 16.0 Å². The van der Waals surface area contributed by atoms with Crippen LogP contribution in [0.15, 0.2) is 41.4 Å². The molecule has 1 saturated heterocycles. The number of hydrogen-bond donors (Lipinski definition) is 2. The highest BCUT2D eigenvalue weighted by molar-refractivity contribution is 7.89. The number of carbonyl (C=O) groups is 1. The second-order valence-electron chi connectivity index (χ2n) is 7.21. The third-order valence-corrected chi connectivity index (χ3v) is 6.73. The maximum absolute atomic E-state index is 14.4. The van der Waals surface area contributed by atoms with Crippen LogP contribution in [0.1, 0.15) is 17.4 Å². The number of nitriles is 1. The van der Waals surface area contributed by atoms with E-state index in [1.165, 1.54) is 25.4 Å². The zero-order valence-electron chi connectivity index (χ0n) is 17.1. The fourth-order valence-electron chi connectivity index (χ4n) is 3.26. The summed E-state index contributed by atoms with van der Waals surface area (Å²) in [5.74, 6) is -1.27. The molecule has 1 aliphatic rings. The van der Waals surface area contributed by atoms with Crippen molar-refractivity contribution in [3.63, 3.8) is 0 Å². The molecule has 0 radical (unpaired) electrons. The van der Waals surface area contributed by atoms with Crippen LogP contribution in [0.3, 0.4) is 0 Å². The summed E-state index contributed by atoms with van der Waals surface area (Å²) in [4.78, 5) is 26.7. The molecule has 1 fully saturated rings. The van der Waals surface area contributed by atoms with Gasteiger partial charge in [0.15, 0.2) is 5.65 Å². The van der Waals surface area contributed by atoms with E-state index in [4.69, 9.17) is 5.26 Å². The third kappa shape index (κ3) is 3.83. The standard InChI is InChI=1S/C20H18FN7O3S/c1-11-13(8-22)10-28(11)19(29)17-5-3-12-9-24-20(27-18(12)25-17)26-16-6-4-14(7-15(16)21)32(30,31)23-2/h3-7,9,11,13,23H,10H2,1-2H3,(H,24,25,26,27)/t11-,13+/m0/s1. The van der Waals surface area contributed by atoms with Gasteiger partial charge in [-0.3, -0.25) is 4.79 Å². The minimum absolute atomic E-state index is 0.0245. The number of aromatic nitrogens is 3. The number of nitrogens with one attached hydrogen (secondary N) is 2. The number of sulfonamides is 1. The molecule has 0 bridgehead atoms. The summed E-state index contributed by atoms with van der Waals surface area (Å²) in [5, 5.41) is 12.3. The lowest BCUT2D eigenvalue weighted by atomic mass is 9.91. The van der Waals surface area contributed by atoms with Crippen molar-refractivity contribution in [3.05, 3.63) is 48.0 Å². The lowest BCUT2D eigenvalue weighted by molar-refractivity contribution is 0.0353. The van der Waals surface area contributed by atoms with Gasteiger partial charge in [-0.25, -0.2) is 27.5 Å². The Kier molecular flexibility index (Phi) is 5.45. The maximum atomic E-state index is 14.4. The molecule has 3 heterocycles. The van der Waals surface area contributed by atoms with Crippen LogP contribution in [-0.4, -0.2) is 53.8 Å². The Hall–Kier alpha value is -3.69. The number of anilines is 2. The van der Waals surface area contributed by atoms with Crippen LogP contribution < -0.4 is 10.0 Å². The van der Waals surface area contributed by atoms with E-state index in [0.717, 1.165) is 6.07 Å². The number of rotatable bonds is 5. The summed E-state index contributed by atoms with van der Waals surface area (Å²) in [6.07, 6.45) is 1.47. The number of nitrogens with zero attached hydrogens (tertiary/aromatic N) is 5. The summed E-state index contributed by atoms with van der Waals surface area (Å²) in [6, 6.07) is 8.58. The van der Waals surface area contributed by atoms with Gasteiger partial charge in [-0.05, 0) is 44.3 Å². The number of pyridine rings is 1. The number of likely N-dealkylation sites (tertiary alicyclic amines) is 1. The quantitative estimate of drug-likeness (QED) is 0.593. The highest BCUT2D eigenvalue weighted by Gasteiger charge is 2.39. The first kappa shape index (κ1) is 21.5. The van der Waals surface area contributed by atoms with Gasteiger partial charge in [0.2, 0.25) is 16.0 Å². The van der Waals surface area contributed by atoms with Crippen molar-refractivity contribution in [1.29, 1.82) is 5.26 Å². The Morgan fingerprint density at radius 1 is 1.28 bits per heavy atom. The van der Waals surface area contributed by atoms with Gasteiger partial charge in [-0.1, -0.05) is 0 Å². The molecular formula is C20H18FN7O3S. The van der Waals surface area contributed by atoms with E-state index in [0.29, 0.717) is 11.9 Å². The summed E-state index contributed by atoms with van der Waals surface area (Å²) in [6.45, 7) is 2.16. The van der Waals surface area contributed by atoms with Crippen LogP contribution in [0.5, 0.6) is 0 Å². The summed E-state index contributed by atoms with van der Waals surface area (Å²) >= 11 is 0. The Morgan fingerprint density at radius 3 is 2.72 bits per heavy atom. The van der Waals surface area contributed by atoms with Crippen molar-refractivity contribution in [2.45, 2.75) is 17.9 Å². The first-order valence-corrected chi connectivity index (χ1v) is 11.1. The minimum Gasteiger partial charge on any atom is -0.332 e. The van der Waals surface area contributed by atoms with Crippen LogP contribution in [0.2, 0.25) is 0 Å². The average molecular weight is 455 g/mol. The van der Waals surface area contributed by atoms with E-state index in [1.807, 2.05) is 6.92 Å². The van der Waals surface area contributed by atoms with Crippen LogP contribution >= 0.6 is 0 Å². The number of hydrogen-bond acceptors (Lipinski definition) is 8. The zero-order valence-corrected chi connectivity index (χ0v) is 17.9. The summed E-state index contributed by atoms with van der Waals surface area (Å²) < 4.78 is 40.2. The van der Waals surface area contributed by atoms with Gasteiger partial charge in [0.05, 0.1) is 22.6 Å². The van der Waals surface area contributed by atoms with Crippen LogP contribution in [0, 0.1) is 23.1 Å². The molecule has 0 saturated carbocycles. The molecule has 1 amide bonds. The van der Waals surface area contributed by atoms with Gasteiger partial charge in [0.25, 0.3) is 5.91 Å². The molecule has 2 aromatic heterocycles. The Bertz CT molecular complexity index is 1370. The Labute approximate surface area is 183 Å². The van der Waals surface area contributed by atoms with Gasteiger partial charge in [-0.2, -0.15) is 10.2 Å². The first-order valence-electron chi connectivity index (χ1n) is 9.58. The topological polar surface area (TPSA) is 141 Å². The molecule has 2 atom stereocenters. The van der Waals surface area contributed by atoms with Gasteiger partial charge < -0.3 is 10.2 Å². The summed E-state index contributed by atoms with van der Waals surface area (Å²) in [7, 11) is -2.54. The zero-order chi connectivity index (χ0) is 23.0. The molecule has 4 rings (SSSR count). The number of amides is 1. The molecule has 0 spiro atoms. The van der Waals surface area contributed by atoms with Crippen molar-refractivity contribution < 1.29 is 17.6 Å². The fraction of sp³-hybridized carbons (Fsp3) is 0.250. The van der Waals surface area contributed by atoms with E-state index in [1.54, 1.807) is 17.0 Å². The number of halogens is 1. The lowest BCUT2D eigenvalue weighted by Gasteiger charge is -2.42. The van der Waals surface area contributed by atoms with Crippen molar-refractivity contribution in [2.24, 2.45) is 5.92 Å². The molecule has 1 aliphatic heterocycles. The number of benzene rings is 1. The van der Waals surface area contributed by atoms with Crippen LogP contribution in [-0.2, 0) is 10.0 Å². The van der Waals surface area contributed by atoms with Crippen molar-refractivity contribution >= 4 is 38.6 Å². The van der Waals surface area contributed by atoms with E-state index in [2.05, 4.69) is 31.1 Å². The predicted molar refractivity (Wildman–Crippen MR) is 113 cm³/mol. The minimum atomic E-state index is -3.78. The molecule has 2 N–H and O–H groups in total. The highest BCUT2D eigenvalue weighted by atomic mass is 32.2. The van der Waals surface area contributed by atoms with E-state index < -0.39 is 15.8 Å². The molecule has 10 nitrogen and oxygen atoms in total. The molecule has 3 aromatic rings. The Balaban J connectivity index is 1.59. The molecule has 164 valence electrons. The van der Waals surface area contributed by atoms with Gasteiger partial charge in [0, 0.05) is 24.2 Å². The normalized spacial score (nSPS) is 18.1. The SMILES string of the molecule is CNS(=O)(=O)c1ccc(Nc2ncc3ccc(C(=O)N4C[C@@H](C#N)[C@@H]4C)nc3n2)c(F)c1. The number of fused-ring (bicyclic) bond motifs is 1. The average Bonchev–Trinajstić information content (AvgIpc) is 2.79. The fourth-order valence-corrected chi connectivity index (χ4v) is 4.01. The monoisotopic (exact) mass is 455 g/mol. The largest absolute Gasteiger partial charge is 0.332 e. The molecule has 0 aliphatic carbocycles. The number of carbonyl (C=O) groups excluding carboxylic acids is 1. The lowest BCUT2D eigenvalue weighted by Crippen LogP contribution is -2.56. The molecule has 1 aromatic carbocycles. The molecule has 0 unspecified atom stereocenters. The third-order valence-electron chi connectivity index (χ3n) is 5.32. The highest BCUT2D eigenvalue weighted by Crippen LogP contribution is 2.26. The first-order chi connectivity index (χ1) is 15.2. The van der Waals surface area contributed by atoms with E-state index >= 15 is 0 Å². The van der Waals surface area contributed by atoms with Gasteiger partial charge >= 0.3 is 0 Å². The Morgan fingerprint density at radius 2 is 2.06 bits per heavy atom. The van der Waals surface area contributed by atoms with Crippen LogP contribution in [0.25, 0.3) is 11.0 Å². The van der Waals surface area contributed by atoms with Crippen molar-refractivity contribution in [2.75, 3.05) is 18.9 Å². The van der Waals surface area contributed by atoms with E-state index in [9.17, 15) is 17.6 Å². The van der Waals surface area contributed by atoms with Gasteiger partial charge in [0.1, 0.15) is 11.5 Å². The predicted octanol–water partition coefficient (Wildman–Crippen LogP) is 1.80. The second kappa shape index (κ2) is 8.10. The maximum Gasteiger partial charge on any atom is 0.272 e. The van der Waals surface area contributed by atoms with Crippen molar-refractivity contribution in [3.8, 4) is 6.07 Å². The smallest absolute Gasteiger partial charge is 0.272 e. The molecule has 12 heteroatoms. The molecule has 32 heavy (non-hydrogen) atoms. The van der Waals surface area contributed by atoms with Crippen molar-refractivity contribution in [1.82, 2.24) is 24.6 Å². The molecular weight excluding hydrogens is 437 g/mol. The van der Waals surface area contributed by atoms with Gasteiger partial charge in [-0.15, -0.1) is 0 Å².